The summed E-state index contributed by atoms with van der Waals surface area (Å²) in [4.78, 5) is 8.56. The maximum atomic E-state index is 8.56. The molecule has 2 atom stereocenters. The van der Waals surface area contributed by atoms with Crippen LogP contribution in [-0.2, 0) is 0 Å². The summed E-state index contributed by atoms with van der Waals surface area (Å²) in [6.07, 6.45) is -2.11. The Kier molecular flexibility index (Phi) is 8.51. The van der Waals surface area contributed by atoms with Crippen molar-refractivity contribution in [3.05, 3.63) is 0 Å². The Bertz CT molecular complexity index is 89.1. The predicted octanol–water partition coefficient (Wildman–Crippen LogP) is 0.360. The van der Waals surface area contributed by atoms with E-state index >= 15 is 0 Å². The molecule has 5 heteroatoms. The summed E-state index contributed by atoms with van der Waals surface area (Å²) in [5.74, 6) is 0. The average Bonchev–Trinajstić information content (AvgIpc) is 1.56. The van der Waals surface area contributed by atoms with Crippen molar-refractivity contribution < 1.29 is 25.2 Å². The van der Waals surface area contributed by atoms with Crippen LogP contribution in [0.3, 0.4) is 0 Å². The van der Waals surface area contributed by atoms with Crippen molar-refractivity contribution in [2.75, 3.05) is 0 Å². The van der Waals surface area contributed by atoms with Crippen LogP contribution in [0.1, 0.15) is 20.3 Å². The minimum atomic E-state index is -1.83. The van der Waals surface area contributed by atoms with Crippen LogP contribution >= 0.6 is 0 Å². The average molecular weight is 166 g/mol. The molecule has 0 aliphatic rings. The molecule has 0 bridgehead atoms. The smallest absolute Gasteiger partial charge is 0.450 e. The molecule has 68 valence electrons. The molecule has 0 aromatic rings. The van der Waals surface area contributed by atoms with Crippen LogP contribution in [-0.4, -0.2) is 38.8 Å². The molecule has 0 aromatic carbocycles. The third-order valence-electron chi connectivity index (χ3n) is 0.682. The Hall–Kier alpha value is -0.810. The number of carbonyl (C=O) groups is 1. The van der Waals surface area contributed by atoms with Crippen LogP contribution in [0.25, 0.3) is 0 Å². The zero-order valence-corrected chi connectivity index (χ0v) is 6.56. The first-order chi connectivity index (χ1) is 4.86. The lowest BCUT2D eigenvalue weighted by Crippen LogP contribution is -2.10. The van der Waals surface area contributed by atoms with Crippen molar-refractivity contribution in [1.82, 2.24) is 0 Å². The van der Waals surface area contributed by atoms with E-state index in [1.807, 2.05) is 0 Å². The first-order valence-electron chi connectivity index (χ1n) is 3.14. The minimum absolute atomic E-state index is 0.375. The summed E-state index contributed by atoms with van der Waals surface area (Å²) in [5, 5.41) is 31.1. The summed E-state index contributed by atoms with van der Waals surface area (Å²) in [7, 11) is 0. The quantitative estimate of drug-likeness (QED) is 0.474. The molecule has 5 nitrogen and oxygen atoms in total. The van der Waals surface area contributed by atoms with E-state index in [2.05, 4.69) is 0 Å². The molecule has 0 saturated heterocycles. The van der Waals surface area contributed by atoms with Crippen molar-refractivity contribution in [2.45, 2.75) is 32.5 Å². The Balaban J connectivity index is 0. The van der Waals surface area contributed by atoms with Crippen LogP contribution in [0.15, 0.2) is 0 Å². The Morgan fingerprint density at radius 2 is 1.36 bits per heavy atom. The second kappa shape index (κ2) is 7.30. The van der Waals surface area contributed by atoms with Crippen molar-refractivity contribution in [1.29, 1.82) is 0 Å². The maximum Gasteiger partial charge on any atom is 0.503 e. The van der Waals surface area contributed by atoms with E-state index in [0.717, 1.165) is 0 Å². The highest BCUT2D eigenvalue weighted by Gasteiger charge is 1.98. The summed E-state index contributed by atoms with van der Waals surface area (Å²) < 4.78 is 0. The number of carboxylic acid groups (broad SMARTS) is 2. The van der Waals surface area contributed by atoms with E-state index in [9.17, 15) is 0 Å². The first-order valence-corrected chi connectivity index (χ1v) is 3.14. The van der Waals surface area contributed by atoms with Crippen LogP contribution in [0.4, 0.5) is 4.79 Å². The molecule has 0 heterocycles. The molecule has 0 aromatic heterocycles. The van der Waals surface area contributed by atoms with Gasteiger partial charge in [-0.1, -0.05) is 0 Å². The highest BCUT2D eigenvalue weighted by atomic mass is 16.6. The number of hydrogen-bond acceptors (Lipinski definition) is 3. The van der Waals surface area contributed by atoms with Crippen molar-refractivity contribution in [3.8, 4) is 0 Å². The van der Waals surface area contributed by atoms with Crippen LogP contribution in [0.2, 0.25) is 0 Å². The van der Waals surface area contributed by atoms with Gasteiger partial charge >= 0.3 is 6.16 Å². The molecule has 2 unspecified atom stereocenters. The Morgan fingerprint density at radius 3 is 1.36 bits per heavy atom. The summed E-state index contributed by atoms with van der Waals surface area (Å²) >= 11 is 0. The van der Waals surface area contributed by atoms with E-state index in [-0.39, 0.29) is 12.2 Å². The van der Waals surface area contributed by atoms with Crippen LogP contribution in [0.5, 0.6) is 0 Å². The van der Waals surface area contributed by atoms with Crippen molar-refractivity contribution in [3.63, 3.8) is 0 Å². The highest BCUT2D eigenvalue weighted by molar-refractivity contribution is 5.53. The summed E-state index contributed by atoms with van der Waals surface area (Å²) in [5.41, 5.74) is 0. The molecule has 0 spiro atoms. The van der Waals surface area contributed by atoms with Gasteiger partial charge in [0.25, 0.3) is 0 Å². The monoisotopic (exact) mass is 166 g/mol. The second-order valence-electron chi connectivity index (χ2n) is 2.22. The van der Waals surface area contributed by atoms with E-state index < -0.39 is 6.16 Å². The topological polar surface area (TPSA) is 98.0 Å². The summed E-state index contributed by atoms with van der Waals surface area (Å²) in [6.45, 7) is 3.32. The van der Waals surface area contributed by atoms with Gasteiger partial charge in [0.15, 0.2) is 0 Å². The second-order valence-corrected chi connectivity index (χ2v) is 2.22. The molecule has 4 N–H and O–H groups in total. The maximum absolute atomic E-state index is 8.56. The molecule has 0 rings (SSSR count). The van der Waals surface area contributed by atoms with Crippen LogP contribution < -0.4 is 0 Å². The van der Waals surface area contributed by atoms with E-state index in [0.29, 0.717) is 6.42 Å². The molecular formula is C6H14O5. The lowest BCUT2D eigenvalue weighted by atomic mass is 10.2. The van der Waals surface area contributed by atoms with E-state index in [1.165, 1.54) is 0 Å². The Labute approximate surface area is 64.9 Å². The molecule has 11 heavy (non-hydrogen) atoms. The molecule has 0 amide bonds. The number of hydrogen-bond donors (Lipinski definition) is 4. The predicted molar refractivity (Wildman–Crippen MR) is 38.6 cm³/mol. The fraction of sp³-hybridized carbons (Fsp3) is 0.833. The van der Waals surface area contributed by atoms with Gasteiger partial charge in [0, 0.05) is 0 Å². The Morgan fingerprint density at radius 1 is 1.18 bits per heavy atom. The SMILES string of the molecule is CC(O)CC(C)O.O=C(O)O. The molecule has 0 radical (unpaired) electrons. The fourth-order valence-electron chi connectivity index (χ4n) is 0.494. The fourth-order valence-corrected chi connectivity index (χ4v) is 0.494. The number of aliphatic hydroxyl groups is 2. The zero-order valence-electron chi connectivity index (χ0n) is 6.56. The number of aliphatic hydroxyl groups excluding tert-OH is 2. The lowest BCUT2D eigenvalue weighted by molar-refractivity contribution is 0.102. The van der Waals surface area contributed by atoms with Gasteiger partial charge < -0.3 is 20.4 Å². The van der Waals surface area contributed by atoms with E-state index in [1.54, 1.807) is 13.8 Å². The van der Waals surface area contributed by atoms with E-state index in [4.69, 9.17) is 25.2 Å². The molecule has 0 fully saturated rings. The van der Waals surface area contributed by atoms with Gasteiger partial charge in [0.05, 0.1) is 12.2 Å². The molecule has 0 aliphatic carbocycles. The lowest BCUT2D eigenvalue weighted by Gasteiger charge is -2.04. The third kappa shape index (κ3) is 46.7. The van der Waals surface area contributed by atoms with Gasteiger partial charge in [0.2, 0.25) is 0 Å². The molecule has 0 aliphatic heterocycles. The molecular weight excluding hydrogens is 152 g/mol. The standard InChI is InChI=1S/C5H12O2.CH2O3/c1-4(6)3-5(2)7;2-1(3)4/h4-7H,3H2,1-2H3;(H2,2,3,4). The molecule has 0 saturated carbocycles. The van der Waals surface area contributed by atoms with Crippen molar-refractivity contribution in [2.24, 2.45) is 0 Å². The van der Waals surface area contributed by atoms with Gasteiger partial charge in [-0.05, 0) is 20.3 Å². The summed E-state index contributed by atoms with van der Waals surface area (Å²) in [6, 6.07) is 0. The van der Waals surface area contributed by atoms with Gasteiger partial charge in [-0.25, -0.2) is 4.79 Å². The van der Waals surface area contributed by atoms with Gasteiger partial charge in [-0.3, -0.25) is 0 Å². The first kappa shape index (κ1) is 12.8. The zero-order chi connectivity index (χ0) is 9.44. The number of rotatable bonds is 2. The highest BCUT2D eigenvalue weighted by Crippen LogP contribution is 1.93. The largest absolute Gasteiger partial charge is 0.503 e. The van der Waals surface area contributed by atoms with Crippen LogP contribution in [0, 0.1) is 0 Å². The minimum Gasteiger partial charge on any atom is -0.450 e. The van der Waals surface area contributed by atoms with Gasteiger partial charge in [-0.15, -0.1) is 0 Å². The van der Waals surface area contributed by atoms with Gasteiger partial charge in [-0.2, -0.15) is 0 Å². The van der Waals surface area contributed by atoms with Crippen molar-refractivity contribution >= 4 is 6.16 Å². The third-order valence-corrected chi connectivity index (χ3v) is 0.682. The normalized spacial score (nSPS) is 14.2. The van der Waals surface area contributed by atoms with Gasteiger partial charge in [0.1, 0.15) is 0 Å².